The molecule has 2 aromatic rings. The Bertz CT molecular complexity index is 633. The summed E-state index contributed by atoms with van der Waals surface area (Å²) in [4.78, 5) is 11.8. The Labute approximate surface area is 112 Å². The van der Waals surface area contributed by atoms with Gasteiger partial charge in [0, 0.05) is 12.1 Å². The van der Waals surface area contributed by atoms with E-state index in [-0.39, 0.29) is 11.8 Å². The van der Waals surface area contributed by atoms with Crippen LogP contribution in [0.3, 0.4) is 0 Å². The molecular formula is C15H20N2O2. The highest BCUT2D eigenvalue weighted by molar-refractivity contribution is 5.74. The molecule has 1 aromatic heterocycles. The highest BCUT2D eigenvalue weighted by Gasteiger charge is 2.16. The van der Waals surface area contributed by atoms with E-state index in [1.807, 2.05) is 19.9 Å². The van der Waals surface area contributed by atoms with Crippen LogP contribution >= 0.6 is 0 Å². The molecule has 1 N–H and O–H groups in total. The minimum Gasteiger partial charge on any atom is -0.408 e. The third kappa shape index (κ3) is 2.32. The largest absolute Gasteiger partial charge is 0.420 e. The molecule has 0 bridgehead atoms. The molecule has 1 fully saturated rings. The maximum atomic E-state index is 11.8. The molecule has 1 aliphatic heterocycles. The van der Waals surface area contributed by atoms with E-state index in [0.29, 0.717) is 11.6 Å². The summed E-state index contributed by atoms with van der Waals surface area (Å²) in [7, 11) is 0. The second-order valence-electron chi connectivity index (χ2n) is 5.63. The highest BCUT2D eigenvalue weighted by atomic mass is 16.4. The fourth-order valence-corrected chi connectivity index (χ4v) is 2.91. The lowest BCUT2D eigenvalue weighted by molar-refractivity contribution is 0.478. The molecule has 0 radical (unpaired) electrons. The number of hydrogen-bond acceptors (Lipinski definition) is 3. The summed E-state index contributed by atoms with van der Waals surface area (Å²) in [5.41, 5.74) is 2.86. The molecule has 19 heavy (non-hydrogen) atoms. The molecule has 1 atom stereocenters. The van der Waals surface area contributed by atoms with Gasteiger partial charge in [-0.15, -0.1) is 0 Å². The molecule has 0 amide bonds. The van der Waals surface area contributed by atoms with Crippen molar-refractivity contribution in [3.8, 4) is 0 Å². The predicted molar refractivity (Wildman–Crippen MR) is 75.6 cm³/mol. The molecule has 0 saturated carbocycles. The average Bonchev–Trinajstić information content (AvgIpc) is 2.95. The average molecular weight is 260 g/mol. The van der Waals surface area contributed by atoms with Crippen molar-refractivity contribution in [3.05, 3.63) is 34.3 Å². The van der Waals surface area contributed by atoms with Gasteiger partial charge in [0.1, 0.15) is 0 Å². The van der Waals surface area contributed by atoms with Crippen LogP contribution in [-0.2, 0) is 6.42 Å². The van der Waals surface area contributed by atoms with Gasteiger partial charge in [0.25, 0.3) is 0 Å². The maximum Gasteiger partial charge on any atom is 0.420 e. The van der Waals surface area contributed by atoms with Gasteiger partial charge in [0.15, 0.2) is 5.58 Å². The number of hydrogen-bond donors (Lipinski definition) is 1. The Kier molecular flexibility index (Phi) is 3.19. The Morgan fingerprint density at radius 1 is 1.47 bits per heavy atom. The fraction of sp³-hybridized carbons (Fsp3) is 0.533. The zero-order valence-corrected chi connectivity index (χ0v) is 11.5. The molecule has 4 nitrogen and oxygen atoms in total. The van der Waals surface area contributed by atoms with E-state index in [9.17, 15) is 4.79 Å². The van der Waals surface area contributed by atoms with Gasteiger partial charge >= 0.3 is 5.76 Å². The molecule has 2 heterocycles. The molecule has 1 aliphatic rings. The van der Waals surface area contributed by atoms with Crippen molar-refractivity contribution in [1.29, 1.82) is 0 Å². The molecular weight excluding hydrogens is 240 g/mol. The minimum atomic E-state index is -0.263. The molecule has 4 heteroatoms. The Hall–Kier alpha value is -1.55. The first-order valence-electron chi connectivity index (χ1n) is 7.02. The maximum absolute atomic E-state index is 11.8. The number of oxazole rings is 1. The van der Waals surface area contributed by atoms with Gasteiger partial charge in [-0.3, -0.25) is 4.57 Å². The topological polar surface area (TPSA) is 47.2 Å². The van der Waals surface area contributed by atoms with Crippen molar-refractivity contribution >= 4 is 11.1 Å². The smallest absolute Gasteiger partial charge is 0.408 e. The van der Waals surface area contributed by atoms with Crippen LogP contribution in [0.15, 0.2) is 27.4 Å². The van der Waals surface area contributed by atoms with E-state index in [1.54, 1.807) is 4.57 Å². The molecule has 0 aliphatic carbocycles. The lowest BCUT2D eigenvalue weighted by Crippen LogP contribution is -2.23. The number of nitrogens with one attached hydrogen (secondary N) is 1. The molecule has 3 rings (SSSR count). The van der Waals surface area contributed by atoms with Crippen molar-refractivity contribution < 1.29 is 4.42 Å². The second kappa shape index (κ2) is 4.85. The quantitative estimate of drug-likeness (QED) is 0.922. The van der Waals surface area contributed by atoms with Crippen LogP contribution in [0.5, 0.6) is 0 Å². The molecule has 1 saturated heterocycles. The molecule has 102 valence electrons. The number of rotatable bonds is 3. The summed E-state index contributed by atoms with van der Waals surface area (Å²) in [6.45, 7) is 5.12. The first-order valence-corrected chi connectivity index (χ1v) is 7.02. The van der Waals surface area contributed by atoms with Gasteiger partial charge in [-0.2, -0.15) is 0 Å². The summed E-state index contributed by atoms with van der Waals surface area (Å²) in [6.07, 6.45) is 3.52. The Morgan fingerprint density at radius 3 is 3.00 bits per heavy atom. The van der Waals surface area contributed by atoms with Gasteiger partial charge in [0.05, 0.1) is 5.52 Å². The molecule has 1 unspecified atom stereocenters. The lowest BCUT2D eigenvalue weighted by atomic mass is 10.0. The van der Waals surface area contributed by atoms with Crippen molar-refractivity contribution in [2.45, 2.75) is 45.2 Å². The first-order chi connectivity index (χ1) is 9.15. The van der Waals surface area contributed by atoms with Gasteiger partial charge in [-0.05, 0) is 57.4 Å². The van der Waals surface area contributed by atoms with Gasteiger partial charge in [-0.1, -0.05) is 6.07 Å². The zero-order chi connectivity index (χ0) is 13.4. The number of nitrogens with zero attached hydrogens (tertiary/aromatic N) is 1. The third-order valence-corrected chi connectivity index (χ3v) is 3.84. The van der Waals surface area contributed by atoms with Crippen molar-refractivity contribution in [3.63, 3.8) is 0 Å². The van der Waals surface area contributed by atoms with E-state index in [4.69, 9.17) is 4.42 Å². The zero-order valence-electron chi connectivity index (χ0n) is 11.5. The van der Waals surface area contributed by atoms with E-state index < -0.39 is 0 Å². The standard InChI is InChI=1S/C15H20N2O2/c1-10(2)17-13-9-11(8-12-4-3-7-16-12)5-6-14(13)19-15(17)18/h5-6,9-10,12,16H,3-4,7-8H2,1-2H3. The second-order valence-corrected chi connectivity index (χ2v) is 5.63. The Balaban J connectivity index is 1.98. The van der Waals surface area contributed by atoms with Crippen LogP contribution in [0.1, 0.15) is 38.3 Å². The molecule has 1 aromatic carbocycles. The number of benzene rings is 1. The highest BCUT2D eigenvalue weighted by Crippen LogP contribution is 2.20. The normalized spacial score (nSPS) is 19.6. The lowest BCUT2D eigenvalue weighted by Gasteiger charge is -2.11. The summed E-state index contributed by atoms with van der Waals surface area (Å²) in [6, 6.07) is 6.77. The van der Waals surface area contributed by atoms with Crippen LogP contribution in [0.2, 0.25) is 0 Å². The first kappa shape index (κ1) is 12.5. The van der Waals surface area contributed by atoms with E-state index in [1.165, 1.54) is 18.4 Å². The minimum absolute atomic E-state index is 0.119. The van der Waals surface area contributed by atoms with Crippen LogP contribution in [0.4, 0.5) is 0 Å². The predicted octanol–water partition coefficient (Wildman–Crippen LogP) is 2.47. The van der Waals surface area contributed by atoms with Crippen molar-refractivity contribution in [2.75, 3.05) is 6.54 Å². The number of aromatic nitrogens is 1. The van der Waals surface area contributed by atoms with E-state index in [2.05, 4.69) is 17.4 Å². The molecule has 0 spiro atoms. The van der Waals surface area contributed by atoms with Gasteiger partial charge < -0.3 is 9.73 Å². The fourth-order valence-electron chi connectivity index (χ4n) is 2.91. The van der Waals surface area contributed by atoms with Crippen LogP contribution in [0.25, 0.3) is 11.1 Å². The van der Waals surface area contributed by atoms with Gasteiger partial charge in [0.2, 0.25) is 0 Å². The summed E-state index contributed by atoms with van der Waals surface area (Å²) >= 11 is 0. The van der Waals surface area contributed by atoms with Gasteiger partial charge in [-0.25, -0.2) is 4.79 Å². The number of fused-ring (bicyclic) bond motifs is 1. The van der Waals surface area contributed by atoms with Crippen LogP contribution < -0.4 is 11.1 Å². The van der Waals surface area contributed by atoms with E-state index >= 15 is 0 Å². The van der Waals surface area contributed by atoms with E-state index in [0.717, 1.165) is 18.5 Å². The summed E-state index contributed by atoms with van der Waals surface area (Å²) < 4.78 is 7.00. The summed E-state index contributed by atoms with van der Waals surface area (Å²) in [5.74, 6) is -0.263. The third-order valence-electron chi connectivity index (χ3n) is 3.84. The monoisotopic (exact) mass is 260 g/mol. The Morgan fingerprint density at radius 2 is 2.32 bits per heavy atom. The van der Waals surface area contributed by atoms with Crippen molar-refractivity contribution in [2.24, 2.45) is 0 Å². The van der Waals surface area contributed by atoms with Crippen LogP contribution in [0, 0.1) is 0 Å². The summed E-state index contributed by atoms with van der Waals surface area (Å²) in [5, 5.41) is 3.50. The van der Waals surface area contributed by atoms with Crippen molar-refractivity contribution in [1.82, 2.24) is 9.88 Å². The van der Waals surface area contributed by atoms with Crippen LogP contribution in [-0.4, -0.2) is 17.2 Å². The SMILES string of the molecule is CC(C)n1c(=O)oc2ccc(CC3CCCN3)cc21.